The largest absolute Gasteiger partial charge is 0.395 e. The highest BCUT2D eigenvalue weighted by Crippen LogP contribution is 1.88. The summed E-state index contributed by atoms with van der Waals surface area (Å²) in [5.41, 5.74) is 0.313. The van der Waals surface area contributed by atoms with Gasteiger partial charge in [0, 0.05) is 12.1 Å². The Morgan fingerprint density at radius 3 is 2.70 bits per heavy atom. The van der Waals surface area contributed by atoms with Crippen LogP contribution in [0.5, 0.6) is 0 Å². The van der Waals surface area contributed by atoms with Crippen LogP contribution in [0.4, 0.5) is 0 Å². The Bertz CT molecular complexity index is 152. The van der Waals surface area contributed by atoms with Crippen LogP contribution in [0.1, 0.15) is 0 Å². The zero-order chi connectivity index (χ0) is 7.98. The molecule has 0 aromatic heterocycles. The Kier molecular flexibility index (Phi) is 4.24. The predicted molar refractivity (Wildman–Crippen MR) is 39.4 cm³/mol. The van der Waals surface area contributed by atoms with Crippen molar-refractivity contribution in [1.82, 2.24) is 5.32 Å². The Balaban J connectivity index is 3.62. The van der Waals surface area contributed by atoms with Crippen LogP contribution in [0.3, 0.4) is 0 Å². The van der Waals surface area contributed by atoms with E-state index in [-0.39, 0.29) is 19.1 Å². The van der Waals surface area contributed by atoms with Crippen molar-refractivity contribution in [3.8, 4) is 0 Å². The summed E-state index contributed by atoms with van der Waals surface area (Å²) in [6, 6.07) is 0. The first kappa shape index (κ1) is 8.91. The zero-order valence-corrected chi connectivity index (χ0v) is 5.76. The molecule has 0 aromatic rings. The molecule has 0 aliphatic rings. The lowest BCUT2D eigenvalue weighted by molar-refractivity contribution is -0.117. The van der Waals surface area contributed by atoms with Gasteiger partial charge in [0.05, 0.1) is 6.61 Å². The molecule has 0 radical (unpaired) electrons. The van der Waals surface area contributed by atoms with Gasteiger partial charge in [-0.2, -0.15) is 0 Å². The zero-order valence-electron chi connectivity index (χ0n) is 5.76. The number of carbonyl (C=O) groups is 1. The van der Waals surface area contributed by atoms with Crippen molar-refractivity contribution in [2.45, 2.75) is 0 Å². The van der Waals surface area contributed by atoms with Crippen molar-refractivity contribution in [2.24, 2.45) is 0 Å². The first-order chi connectivity index (χ1) is 4.72. The summed E-state index contributed by atoms with van der Waals surface area (Å²) in [6.45, 7) is 6.98. The van der Waals surface area contributed by atoms with Gasteiger partial charge in [0.2, 0.25) is 0 Å². The van der Waals surface area contributed by atoms with E-state index in [9.17, 15) is 4.79 Å². The quantitative estimate of drug-likeness (QED) is 0.422. The molecule has 2 N–H and O–H groups in total. The molecule has 0 aliphatic heterocycles. The van der Waals surface area contributed by atoms with Crippen LogP contribution < -0.4 is 5.32 Å². The normalized spacial score (nSPS) is 8.50. The van der Waals surface area contributed by atoms with Crippen molar-refractivity contribution in [2.75, 3.05) is 13.2 Å². The maximum absolute atomic E-state index is 10.7. The van der Waals surface area contributed by atoms with Gasteiger partial charge in [-0.1, -0.05) is 19.2 Å². The number of nitrogens with one attached hydrogen (secondary N) is 1. The van der Waals surface area contributed by atoms with Crippen molar-refractivity contribution in [1.29, 1.82) is 0 Å². The molecule has 0 unspecified atom stereocenters. The summed E-state index contributed by atoms with van der Waals surface area (Å²) in [7, 11) is 0. The molecule has 0 rings (SSSR count). The molecular formula is C7H11NO2. The van der Waals surface area contributed by atoms with Gasteiger partial charge in [-0.25, -0.2) is 0 Å². The summed E-state index contributed by atoms with van der Waals surface area (Å²) in [6.07, 6.45) is 1.37. The molecule has 0 saturated carbocycles. The van der Waals surface area contributed by atoms with Gasteiger partial charge < -0.3 is 10.4 Å². The molecule has 0 saturated heterocycles. The fourth-order valence-corrected chi connectivity index (χ4v) is 0.376. The fourth-order valence-electron chi connectivity index (χ4n) is 0.376. The molecule has 3 heteroatoms. The third-order valence-corrected chi connectivity index (χ3v) is 0.935. The molecule has 1 amide bonds. The van der Waals surface area contributed by atoms with E-state index in [1.54, 1.807) is 0 Å². The molecule has 3 nitrogen and oxygen atoms in total. The maximum atomic E-state index is 10.7. The van der Waals surface area contributed by atoms with E-state index < -0.39 is 0 Å². The first-order valence-corrected chi connectivity index (χ1v) is 2.92. The maximum Gasteiger partial charge on any atom is 0.250 e. The van der Waals surface area contributed by atoms with E-state index in [1.165, 1.54) is 6.08 Å². The van der Waals surface area contributed by atoms with Gasteiger partial charge in [-0.15, -0.1) is 0 Å². The Hall–Kier alpha value is -1.09. The number of hydrogen-bond donors (Lipinski definition) is 2. The first-order valence-electron chi connectivity index (χ1n) is 2.92. The molecule has 0 aromatic carbocycles. The second kappa shape index (κ2) is 4.76. The topological polar surface area (TPSA) is 49.3 Å². The summed E-state index contributed by atoms with van der Waals surface area (Å²) in [5, 5.41) is 10.7. The molecule has 10 heavy (non-hydrogen) atoms. The van der Waals surface area contributed by atoms with E-state index in [4.69, 9.17) is 5.11 Å². The number of hydrogen-bond acceptors (Lipinski definition) is 2. The molecule has 0 heterocycles. The van der Waals surface area contributed by atoms with Crippen LogP contribution in [-0.2, 0) is 4.79 Å². The summed E-state index contributed by atoms with van der Waals surface area (Å²) >= 11 is 0. The SMILES string of the molecule is C=CC(=C)C(=O)NCCO. The average molecular weight is 141 g/mol. The van der Waals surface area contributed by atoms with E-state index in [2.05, 4.69) is 18.5 Å². The molecular weight excluding hydrogens is 130 g/mol. The number of carbonyl (C=O) groups excluding carboxylic acids is 1. The van der Waals surface area contributed by atoms with E-state index in [1.807, 2.05) is 0 Å². The van der Waals surface area contributed by atoms with Gasteiger partial charge in [-0.3, -0.25) is 4.79 Å². The molecule has 0 aliphatic carbocycles. The number of aliphatic hydroxyl groups is 1. The van der Waals surface area contributed by atoms with Crippen LogP contribution in [-0.4, -0.2) is 24.2 Å². The average Bonchev–Trinajstić information content (AvgIpc) is 1.98. The monoisotopic (exact) mass is 141 g/mol. The van der Waals surface area contributed by atoms with Crippen LogP contribution in [0, 0.1) is 0 Å². The lowest BCUT2D eigenvalue weighted by Crippen LogP contribution is -2.26. The highest BCUT2D eigenvalue weighted by Gasteiger charge is 1.99. The minimum Gasteiger partial charge on any atom is -0.395 e. The van der Waals surface area contributed by atoms with Crippen molar-refractivity contribution in [3.63, 3.8) is 0 Å². The minimum absolute atomic E-state index is 0.0594. The second-order valence-corrected chi connectivity index (χ2v) is 1.71. The third kappa shape index (κ3) is 3.04. The standard InChI is InChI=1S/C7H11NO2/c1-3-6(2)7(10)8-4-5-9/h3,9H,1-2,4-5H2,(H,8,10). The smallest absolute Gasteiger partial charge is 0.250 e. The van der Waals surface area contributed by atoms with Gasteiger partial charge in [0.1, 0.15) is 0 Å². The number of rotatable bonds is 4. The second-order valence-electron chi connectivity index (χ2n) is 1.71. The van der Waals surface area contributed by atoms with Crippen LogP contribution >= 0.6 is 0 Å². The summed E-state index contributed by atoms with van der Waals surface area (Å²) in [4.78, 5) is 10.7. The molecule has 0 atom stereocenters. The number of amides is 1. The van der Waals surface area contributed by atoms with Crippen molar-refractivity contribution < 1.29 is 9.90 Å². The van der Waals surface area contributed by atoms with Gasteiger partial charge >= 0.3 is 0 Å². The van der Waals surface area contributed by atoms with Gasteiger partial charge in [-0.05, 0) is 0 Å². The molecule has 56 valence electrons. The Morgan fingerprint density at radius 1 is 1.70 bits per heavy atom. The number of aliphatic hydroxyl groups excluding tert-OH is 1. The fraction of sp³-hybridized carbons (Fsp3) is 0.286. The molecule has 0 bridgehead atoms. The lowest BCUT2D eigenvalue weighted by atomic mass is 10.3. The lowest BCUT2D eigenvalue weighted by Gasteiger charge is -2.00. The van der Waals surface area contributed by atoms with Gasteiger partial charge in [0.25, 0.3) is 5.91 Å². The molecule has 0 spiro atoms. The minimum atomic E-state index is -0.288. The summed E-state index contributed by atoms with van der Waals surface area (Å²) < 4.78 is 0. The van der Waals surface area contributed by atoms with Crippen LogP contribution in [0.25, 0.3) is 0 Å². The Morgan fingerprint density at radius 2 is 2.30 bits per heavy atom. The van der Waals surface area contributed by atoms with Crippen LogP contribution in [0.15, 0.2) is 24.8 Å². The third-order valence-electron chi connectivity index (χ3n) is 0.935. The Labute approximate surface area is 60.1 Å². The summed E-state index contributed by atoms with van der Waals surface area (Å²) in [5.74, 6) is -0.288. The van der Waals surface area contributed by atoms with Gasteiger partial charge in [0.15, 0.2) is 0 Å². The predicted octanol–water partition coefficient (Wildman–Crippen LogP) is -0.163. The van der Waals surface area contributed by atoms with E-state index in [0.717, 1.165) is 0 Å². The van der Waals surface area contributed by atoms with Crippen molar-refractivity contribution >= 4 is 5.91 Å². The highest BCUT2D eigenvalue weighted by molar-refractivity contribution is 5.95. The highest BCUT2D eigenvalue weighted by atomic mass is 16.3. The van der Waals surface area contributed by atoms with E-state index >= 15 is 0 Å². The van der Waals surface area contributed by atoms with Crippen molar-refractivity contribution in [3.05, 3.63) is 24.8 Å². The van der Waals surface area contributed by atoms with Crippen LogP contribution in [0.2, 0.25) is 0 Å². The van der Waals surface area contributed by atoms with E-state index in [0.29, 0.717) is 5.57 Å². The molecule has 0 fully saturated rings.